The van der Waals surface area contributed by atoms with E-state index >= 15 is 0 Å². The molecule has 108 valence electrons. The lowest BCUT2D eigenvalue weighted by molar-refractivity contribution is 0.0900. The molecule has 2 rings (SSSR count). The van der Waals surface area contributed by atoms with Crippen molar-refractivity contribution in [2.75, 3.05) is 6.54 Å². The van der Waals surface area contributed by atoms with Crippen molar-refractivity contribution >= 4 is 27.3 Å². The van der Waals surface area contributed by atoms with Gasteiger partial charge in [0.2, 0.25) is 0 Å². The predicted molar refractivity (Wildman–Crippen MR) is 86.2 cm³/mol. The Balaban J connectivity index is 2.23. The molecule has 0 fully saturated rings. The van der Waals surface area contributed by atoms with Gasteiger partial charge in [-0.15, -0.1) is 11.3 Å². The first-order valence-electron chi connectivity index (χ1n) is 6.94. The number of nitrogens with two attached hydrogens (primary N) is 1. The van der Waals surface area contributed by atoms with Crippen molar-refractivity contribution in [3.63, 3.8) is 0 Å². The minimum atomic E-state index is -0.353. The number of rotatable bonds is 5. The quantitative estimate of drug-likeness (QED) is 0.886. The largest absolute Gasteiger partial charge is 0.346 e. The Hall–Kier alpha value is -1.39. The van der Waals surface area contributed by atoms with Crippen LogP contribution in [0.25, 0.3) is 10.1 Å². The van der Waals surface area contributed by atoms with Crippen molar-refractivity contribution in [2.45, 2.75) is 32.7 Å². The summed E-state index contributed by atoms with van der Waals surface area (Å²) in [5.41, 5.74) is 6.25. The molecule has 0 spiro atoms. The van der Waals surface area contributed by atoms with Crippen molar-refractivity contribution in [1.82, 2.24) is 5.32 Å². The van der Waals surface area contributed by atoms with Gasteiger partial charge in [0.05, 0.1) is 5.56 Å². The van der Waals surface area contributed by atoms with Gasteiger partial charge in [-0.25, -0.2) is 0 Å². The topological polar surface area (TPSA) is 55.1 Å². The van der Waals surface area contributed by atoms with E-state index in [0.717, 1.165) is 22.1 Å². The van der Waals surface area contributed by atoms with Gasteiger partial charge in [-0.2, -0.15) is 0 Å². The Morgan fingerprint density at radius 1 is 1.40 bits per heavy atom. The summed E-state index contributed by atoms with van der Waals surface area (Å²) < 4.78 is 1.14. The highest BCUT2D eigenvalue weighted by atomic mass is 32.1. The first kappa shape index (κ1) is 15.0. The molecule has 1 atom stereocenters. The fraction of sp³-hybridized carbons (Fsp3) is 0.438. The van der Waals surface area contributed by atoms with Crippen LogP contribution in [-0.4, -0.2) is 18.0 Å². The second kappa shape index (κ2) is 5.94. The molecular formula is C16H22N2OS. The Bertz CT molecular complexity index is 605. The minimum absolute atomic E-state index is 0.0314. The molecule has 1 amide bonds. The fourth-order valence-electron chi connectivity index (χ4n) is 2.58. The van der Waals surface area contributed by atoms with Gasteiger partial charge in [0, 0.05) is 27.5 Å². The number of nitrogens with one attached hydrogen (secondary N) is 1. The van der Waals surface area contributed by atoms with Crippen molar-refractivity contribution in [2.24, 2.45) is 11.7 Å². The number of hydrogen-bond donors (Lipinski definition) is 2. The molecule has 0 saturated carbocycles. The highest BCUT2D eigenvalue weighted by Gasteiger charge is 2.27. The molecular weight excluding hydrogens is 268 g/mol. The Morgan fingerprint density at radius 3 is 2.75 bits per heavy atom. The van der Waals surface area contributed by atoms with E-state index in [9.17, 15) is 4.79 Å². The summed E-state index contributed by atoms with van der Waals surface area (Å²) in [6.07, 6.45) is 0.872. The highest BCUT2D eigenvalue weighted by molar-refractivity contribution is 7.17. The summed E-state index contributed by atoms with van der Waals surface area (Å²) in [6, 6.07) is 7.97. The van der Waals surface area contributed by atoms with Crippen molar-refractivity contribution < 1.29 is 4.79 Å². The standard InChI is InChI=1S/C16H22N2OS/c1-11(2)8-16(3,10-17)18-15(19)13-9-20-14-7-5-4-6-12(13)14/h4-7,9,11H,8,10,17H2,1-3H3,(H,18,19). The number of amides is 1. The van der Waals surface area contributed by atoms with Gasteiger partial charge in [0.1, 0.15) is 0 Å². The first-order chi connectivity index (χ1) is 9.45. The monoisotopic (exact) mass is 290 g/mol. The summed E-state index contributed by atoms with van der Waals surface area (Å²) in [7, 11) is 0. The average Bonchev–Trinajstić information content (AvgIpc) is 2.81. The summed E-state index contributed by atoms with van der Waals surface area (Å²) in [5, 5.41) is 6.05. The number of thiophene rings is 1. The molecule has 1 heterocycles. The molecule has 3 N–H and O–H groups in total. The molecule has 2 aromatic rings. The van der Waals surface area contributed by atoms with Gasteiger partial charge in [0.15, 0.2) is 0 Å². The van der Waals surface area contributed by atoms with Gasteiger partial charge in [-0.1, -0.05) is 32.0 Å². The lowest BCUT2D eigenvalue weighted by Gasteiger charge is -2.31. The second-order valence-electron chi connectivity index (χ2n) is 5.96. The highest BCUT2D eigenvalue weighted by Crippen LogP contribution is 2.26. The maximum atomic E-state index is 12.5. The average molecular weight is 290 g/mol. The van der Waals surface area contributed by atoms with Crippen LogP contribution in [0, 0.1) is 5.92 Å². The van der Waals surface area contributed by atoms with E-state index in [1.807, 2.05) is 36.6 Å². The molecule has 1 unspecified atom stereocenters. The van der Waals surface area contributed by atoms with Gasteiger partial charge in [-0.3, -0.25) is 4.79 Å². The summed E-state index contributed by atoms with van der Waals surface area (Å²) >= 11 is 1.60. The summed E-state index contributed by atoms with van der Waals surface area (Å²) in [6.45, 7) is 6.73. The van der Waals surface area contributed by atoms with E-state index in [0.29, 0.717) is 12.5 Å². The number of fused-ring (bicyclic) bond motifs is 1. The van der Waals surface area contributed by atoms with Gasteiger partial charge < -0.3 is 11.1 Å². The van der Waals surface area contributed by atoms with Crippen LogP contribution < -0.4 is 11.1 Å². The van der Waals surface area contributed by atoms with E-state index in [-0.39, 0.29) is 11.4 Å². The molecule has 4 heteroatoms. The van der Waals surface area contributed by atoms with Gasteiger partial charge in [0.25, 0.3) is 5.91 Å². The van der Waals surface area contributed by atoms with Crippen LogP contribution in [0.1, 0.15) is 37.6 Å². The summed E-state index contributed by atoms with van der Waals surface area (Å²) in [4.78, 5) is 12.5. The smallest absolute Gasteiger partial charge is 0.253 e. The van der Waals surface area contributed by atoms with E-state index in [4.69, 9.17) is 5.73 Å². The molecule has 0 aliphatic rings. The molecule has 3 nitrogen and oxygen atoms in total. The molecule has 0 radical (unpaired) electrons. The van der Waals surface area contributed by atoms with Crippen molar-refractivity contribution in [3.05, 3.63) is 35.2 Å². The van der Waals surface area contributed by atoms with Crippen LogP contribution in [0.5, 0.6) is 0 Å². The Morgan fingerprint density at radius 2 is 2.10 bits per heavy atom. The van der Waals surface area contributed by atoms with E-state index < -0.39 is 0 Å². The third-order valence-corrected chi connectivity index (χ3v) is 4.41. The van der Waals surface area contributed by atoms with E-state index in [1.54, 1.807) is 11.3 Å². The van der Waals surface area contributed by atoms with Gasteiger partial charge in [-0.05, 0) is 25.3 Å². The number of carbonyl (C=O) groups is 1. The van der Waals surface area contributed by atoms with Crippen LogP contribution in [-0.2, 0) is 0 Å². The van der Waals surface area contributed by atoms with Crippen LogP contribution in [0.15, 0.2) is 29.6 Å². The number of carbonyl (C=O) groups excluding carboxylic acids is 1. The number of benzene rings is 1. The van der Waals surface area contributed by atoms with Crippen LogP contribution in [0.2, 0.25) is 0 Å². The first-order valence-corrected chi connectivity index (χ1v) is 7.82. The van der Waals surface area contributed by atoms with Crippen LogP contribution in [0.4, 0.5) is 0 Å². The zero-order valence-electron chi connectivity index (χ0n) is 12.3. The maximum Gasteiger partial charge on any atom is 0.253 e. The third-order valence-electron chi connectivity index (χ3n) is 3.45. The Labute approximate surface area is 124 Å². The second-order valence-corrected chi connectivity index (χ2v) is 6.87. The molecule has 1 aromatic carbocycles. The molecule has 1 aromatic heterocycles. The van der Waals surface area contributed by atoms with E-state index in [2.05, 4.69) is 19.2 Å². The normalized spacial score (nSPS) is 14.4. The van der Waals surface area contributed by atoms with Crippen molar-refractivity contribution in [1.29, 1.82) is 0 Å². The third kappa shape index (κ3) is 3.19. The molecule has 20 heavy (non-hydrogen) atoms. The number of hydrogen-bond acceptors (Lipinski definition) is 3. The lowest BCUT2D eigenvalue weighted by atomic mass is 9.90. The van der Waals surface area contributed by atoms with Crippen LogP contribution in [0.3, 0.4) is 0 Å². The SMILES string of the molecule is CC(C)CC(C)(CN)NC(=O)c1csc2ccccc12. The zero-order valence-corrected chi connectivity index (χ0v) is 13.1. The molecule has 0 aliphatic carbocycles. The fourth-order valence-corrected chi connectivity index (χ4v) is 3.52. The maximum absolute atomic E-state index is 12.5. The van der Waals surface area contributed by atoms with E-state index in [1.165, 1.54) is 0 Å². The minimum Gasteiger partial charge on any atom is -0.346 e. The molecule has 0 aliphatic heterocycles. The van der Waals surface area contributed by atoms with Gasteiger partial charge >= 0.3 is 0 Å². The predicted octanol–water partition coefficient (Wildman–Crippen LogP) is 3.39. The molecule has 0 saturated heterocycles. The van der Waals surface area contributed by atoms with Crippen molar-refractivity contribution in [3.8, 4) is 0 Å². The zero-order chi connectivity index (χ0) is 14.8. The molecule has 0 bridgehead atoms. The summed E-state index contributed by atoms with van der Waals surface area (Å²) in [5.74, 6) is 0.458. The Kier molecular flexibility index (Phi) is 4.45. The lowest BCUT2D eigenvalue weighted by Crippen LogP contribution is -2.52. The van der Waals surface area contributed by atoms with Crippen LogP contribution >= 0.6 is 11.3 Å².